The van der Waals surface area contributed by atoms with Crippen molar-refractivity contribution in [1.29, 1.82) is 0 Å². The van der Waals surface area contributed by atoms with Crippen LogP contribution in [0.1, 0.15) is 12.5 Å². The number of aryl methyl sites for hydroxylation is 1. The molecule has 1 fully saturated rings. The minimum absolute atomic E-state index is 0.148. The van der Waals surface area contributed by atoms with Gasteiger partial charge >= 0.3 is 6.09 Å². The van der Waals surface area contributed by atoms with Crippen molar-refractivity contribution in [1.82, 2.24) is 10.3 Å². The Morgan fingerprint density at radius 3 is 2.58 bits per heavy atom. The highest BCUT2D eigenvalue weighted by atomic mass is 16.6. The van der Waals surface area contributed by atoms with Crippen molar-refractivity contribution in [2.75, 3.05) is 18.0 Å². The molecule has 6 nitrogen and oxygen atoms in total. The molecule has 1 aliphatic heterocycles. The molecule has 0 spiro atoms. The Balaban J connectivity index is 1.70. The van der Waals surface area contributed by atoms with Crippen LogP contribution in [0, 0.1) is 6.92 Å². The molecule has 6 heteroatoms. The van der Waals surface area contributed by atoms with E-state index in [1.807, 2.05) is 37.3 Å². The van der Waals surface area contributed by atoms with Crippen LogP contribution in [0.5, 0.6) is 0 Å². The first-order chi connectivity index (χ1) is 11.5. The maximum atomic E-state index is 12.0. The van der Waals surface area contributed by atoms with E-state index in [1.54, 1.807) is 12.3 Å². The fourth-order valence-corrected chi connectivity index (χ4v) is 2.53. The molecule has 0 saturated carbocycles. The van der Waals surface area contributed by atoms with Gasteiger partial charge in [0.1, 0.15) is 11.9 Å². The Hall–Kier alpha value is -2.89. The number of benzene rings is 1. The Morgan fingerprint density at radius 2 is 1.96 bits per heavy atom. The number of hydrogen-bond donors (Lipinski definition) is 1. The van der Waals surface area contributed by atoms with Gasteiger partial charge in [-0.2, -0.15) is 0 Å². The molecule has 1 aromatic carbocycles. The van der Waals surface area contributed by atoms with Crippen LogP contribution in [0.15, 0.2) is 42.6 Å². The van der Waals surface area contributed by atoms with Crippen molar-refractivity contribution in [3.8, 4) is 11.1 Å². The first kappa shape index (κ1) is 16.0. The average Bonchev–Trinajstić information content (AvgIpc) is 2.95. The van der Waals surface area contributed by atoms with Crippen molar-refractivity contribution < 1.29 is 14.3 Å². The van der Waals surface area contributed by atoms with Gasteiger partial charge in [0.05, 0.1) is 13.1 Å². The van der Waals surface area contributed by atoms with Gasteiger partial charge in [-0.3, -0.25) is 9.69 Å². The molecular formula is C18H19N3O3. The van der Waals surface area contributed by atoms with Crippen LogP contribution in [0.25, 0.3) is 11.1 Å². The summed E-state index contributed by atoms with van der Waals surface area (Å²) in [6, 6.07) is 11.9. The summed E-state index contributed by atoms with van der Waals surface area (Å²) in [5.74, 6) is 0.395. The monoisotopic (exact) mass is 325 g/mol. The second-order valence-corrected chi connectivity index (χ2v) is 5.82. The van der Waals surface area contributed by atoms with Crippen LogP contribution in [0.3, 0.4) is 0 Å². The van der Waals surface area contributed by atoms with Gasteiger partial charge < -0.3 is 10.1 Å². The van der Waals surface area contributed by atoms with Crippen LogP contribution in [-0.2, 0) is 9.53 Å². The largest absolute Gasteiger partial charge is 0.442 e. The minimum Gasteiger partial charge on any atom is -0.442 e. The van der Waals surface area contributed by atoms with Crippen LogP contribution in [0.4, 0.5) is 10.6 Å². The number of ether oxygens (including phenoxy) is 1. The maximum Gasteiger partial charge on any atom is 0.416 e. The summed E-state index contributed by atoms with van der Waals surface area (Å²) in [4.78, 5) is 28.8. The number of pyridine rings is 1. The van der Waals surface area contributed by atoms with Gasteiger partial charge in [-0.25, -0.2) is 9.78 Å². The number of nitrogens with one attached hydrogen (secondary N) is 1. The van der Waals surface area contributed by atoms with Crippen molar-refractivity contribution in [2.24, 2.45) is 0 Å². The first-order valence-corrected chi connectivity index (χ1v) is 7.78. The van der Waals surface area contributed by atoms with E-state index in [9.17, 15) is 9.59 Å². The Bertz CT molecular complexity index is 741. The molecule has 1 unspecified atom stereocenters. The van der Waals surface area contributed by atoms with Gasteiger partial charge in [0.25, 0.3) is 0 Å². The molecule has 124 valence electrons. The zero-order valence-electron chi connectivity index (χ0n) is 13.7. The topological polar surface area (TPSA) is 71.5 Å². The Labute approximate surface area is 140 Å². The number of rotatable bonds is 4. The molecule has 24 heavy (non-hydrogen) atoms. The van der Waals surface area contributed by atoms with Gasteiger partial charge in [0, 0.05) is 18.7 Å². The standard InChI is InChI=1S/C18H19N3O3/c1-12-3-5-14(6-4-12)15-7-8-17(20-9-15)21-11-16(24-18(21)23)10-19-13(2)22/h3-9,16H,10-11H2,1-2H3,(H,19,22). The van der Waals surface area contributed by atoms with Crippen LogP contribution >= 0.6 is 0 Å². The minimum atomic E-state index is -0.444. The third-order valence-electron chi connectivity index (χ3n) is 3.86. The number of cyclic esters (lactones) is 1. The van der Waals surface area contributed by atoms with Gasteiger partial charge in [0.2, 0.25) is 5.91 Å². The summed E-state index contributed by atoms with van der Waals surface area (Å²) < 4.78 is 5.24. The van der Waals surface area contributed by atoms with E-state index < -0.39 is 6.09 Å². The van der Waals surface area contributed by atoms with E-state index in [4.69, 9.17) is 4.74 Å². The summed E-state index contributed by atoms with van der Waals surface area (Å²) in [6.45, 7) is 4.15. The number of aromatic nitrogens is 1. The van der Waals surface area contributed by atoms with Crippen molar-refractivity contribution in [3.05, 3.63) is 48.2 Å². The van der Waals surface area contributed by atoms with Gasteiger partial charge in [0.15, 0.2) is 0 Å². The molecule has 2 amide bonds. The van der Waals surface area contributed by atoms with Gasteiger partial charge in [-0.1, -0.05) is 29.8 Å². The van der Waals surface area contributed by atoms with Gasteiger partial charge in [-0.15, -0.1) is 0 Å². The molecule has 0 bridgehead atoms. The summed E-state index contributed by atoms with van der Waals surface area (Å²) in [5, 5.41) is 2.65. The van der Waals surface area contributed by atoms with E-state index in [1.165, 1.54) is 17.4 Å². The quantitative estimate of drug-likeness (QED) is 0.937. The number of amides is 2. The predicted octanol–water partition coefficient (Wildman–Crippen LogP) is 2.52. The smallest absolute Gasteiger partial charge is 0.416 e. The van der Waals surface area contributed by atoms with Crippen LogP contribution < -0.4 is 10.2 Å². The highest BCUT2D eigenvalue weighted by molar-refractivity contribution is 5.88. The Kier molecular flexibility index (Phi) is 4.46. The molecule has 1 aromatic heterocycles. The summed E-state index contributed by atoms with van der Waals surface area (Å²) in [7, 11) is 0. The second-order valence-electron chi connectivity index (χ2n) is 5.82. The van der Waals surface area contributed by atoms with E-state index >= 15 is 0 Å². The molecule has 3 rings (SSSR count). The maximum absolute atomic E-state index is 12.0. The van der Waals surface area contributed by atoms with Crippen molar-refractivity contribution in [2.45, 2.75) is 20.0 Å². The average molecular weight is 325 g/mol. The van der Waals surface area contributed by atoms with Crippen LogP contribution in [-0.4, -0.2) is 36.2 Å². The highest BCUT2D eigenvalue weighted by Gasteiger charge is 2.33. The molecule has 1 N–H and O–H groups in total. The molecule has 1 aliphatic rings. The van der Waals surface area contributed by atoms with Gasteiger partial charge in [-0.05, 0) is 24.6 Å². The predicted molar refractivity (Wildman–Crippen MR) is 90.7 cm³/mol. The number of anilines is 1. The zero-order chi connectivity index (χ0) is 17.1. The number of nitrogens with zero attached hydrogens (tertiary/aromatic N) is 2. The lowest BCUT2D eigenvalue weighted by molar-refractivity contribution is -0.119. The third kappa shape index (κ3) is 3.53. The molecule has 1 saturated heterocycles. The first-order valence-electron chi connectivity index (χ1n) is 7.78. The molecule has 2 aromatic rings. The van der Waals surface area contributed by atoms with E-state index in [2.05, 4.69) is 10.3 Å². The lowest BCUT2D eigenvalue weighted by Crippen LogP contribution is -2.33. The fraction of sp³-hybridized carbons (Fsp3) is 0.278. The molecule has 0 radical (unpaired) electrons. The number of carbonyl (C=O) groups is 2. The lowest BCUT2D eigenvalue weighted by Gasteiger charge is -2.12. The summed E-state index contributed by atoms with van der Waals surface area (Å²) in [6.07, 6.45) is 0.940. The summed E-state index contributed by atoms with van der Waals surface area (Å²) in [5.41, 5.74) is 3.27. The highest BCUT2D eigenvalue weighted by Crippen LogP contribution is 2.24. The zero-order valence-corrected chi connectivity index (χ0v) is 13.7. The molecule has 0 aliphatic carbocycles. The number of carbonyl (C=O) groups excluding carboxylic acids is 2. The third-order valence-corrected chi connectivity index (χ3v) is 3.86. The molecular weight excluding hydrogens is 306 g/mol. The van der Waals surface area contributed by atoms with E-state index in [0.717, 1.165) is 11.1 Å². The lowest BCUT2D eigenvalue weighted by atomic mass is 10.1. The van der Waals surface area contributed by atoms with Crippen molar-refractivity contribution in [3.63, 3.8) is 0 Å². The SMILES string of the molecule is CC(=O)NCC1CN(c2ccc(-c3ccc(C)cc3)cn2)C(=O)O1. The van der Waals surface area contributed by atoms with E-state index in [-0.39, 0.29) is 12.0 Å². The normalized spacial score (nSPS) is 16.8. The van der Waals surface area contributed by atoms with Crippen molar-refractivity contribution >= 4 is 17.8 Å². The molecule has 2 heterocycles. The van der Waals surface area contributed by atoms with Crippen LogP contribution in [0.2, 0.25) is 0 Å². The number of hydrogen-bond acceptors (Lipinski definition) is 4. The Morgan fingerprint density at radius 1 is 1.25 bits per heavy atom. The second kappa shape index (κ2) is 6.70. The fourth-order valence-electron chi connectivity index (χ4n) is 2.53. The molecule has 1 atom stereocenters. The summed E-state index contributed by atoms with van der Waals surface area (Å²) >= 11 is 0. The van der Waals surface area contributed by atoms with E-state index in [0.29, 0.717) is 18.9 Å².